The van der Waals surface area contributed by atoms with Gasteiger partial charge in [0.15, 0.2) is 0 Å². The molecule has 1 nitrogen and oxygen atoms in total. The summed E-state index contributed by atoms with van der Waals surface area (Å²) in [6.07, 6.45) is -0.736. The van der Waals surface area contributed by atoms with E-state index in [1.165, 1.54) is 11.0 Å². The first-order valence-corrected chi connectivity index (χ1v) is 10.6. The van der Waals surface area contributed by atoms with Crippen LogP contribution in [0.3, 0.4) is 0 Å². The highest BCUT2D eigenvalue weighted by Crippen LogP contribution is 2.44. The predicted molar refractivity (Wildman–Crippen MR) is 123 cm³/mol. The largest absolute Gasteiger partial charge is 0.334 e. The predicted octanol–water partition coefficient (Wildman–Crippen LogP) is 7.90. The second kappa shape index (κ2) is 10.3. The summed E-state index contributed by atoms with van der Waals surface area (Å²) in [6, 6.07) is 13.9. The first kappa shape index (κ1) is 22.7. The number of alkyl halides is 2. The number of allylic oxidation sites excluding steroid dienone is 3. The number of halogens is 5. The fourth-order valence-corrected chi connectivity index (χ4v) is 3.99. The van der Waals surface area contributed by atoms with Crippen molar-refractivity contribution in [3.63, 3.8) is 0 Å². The third-order valence-corrected chi connectivity index (χ3v) is 5.60. The lowest BCUT2D eigenvalue weighted by Gasteiger charge is -2.35. The van der Waals surface area contributed by atoms with Gasteiger partial charge in [-0.1, -0.05) is 56.8 Å². The summed E-state index contributed by atoms with van der Waals surface area (Å²) in [5, 5.41) is 0. The molecule has 0 aliphatic carbocycles. The van der Waals surface area contributed by atoms with Crippen molar-refractivity contribution in [2.45, 2.75) is 20.3 Å². The van der Waals surface area contributed by atoms with Gasteiger partial charge in [-0.05, 0) is 62.3 Å². The van der Waals surface area contributed by atoms with Gasteiger partial charge in [0, 0.05) is 24.9 Å². The molecular formula is C22H20BrF3IN. The fourth-order valence-electron chi connectivity index (χ4n) is 2.86. The van der Waals surface area contributed by atoms with Crippen molar-refractivity contribution in [3.8, 4) is 0 Å². The smallest absolute Gasteiger partial charge is 0.256 e. The maximum atomic E-state index is 14.7. The number of nitrogens with zero attached hydrogens (tertiary/aromatic N) is 1. The van der Waals surface area contributed by atoms with Crippen LogP contribution in [0, 0.1) is 5.82 Å². The van der Waals surface area contributed by atoms with Gasteiger partial charge < -0.3 is 4.90 Å². The Labute approximate surface area is 185 Å². The molecule has 0 amide bonds. The maximum absolute atomic E-state index is 14.7. The lowest BCUT2D eigenvalue weighted by atomic mass is 9.94. The summed E-state index contributed by atoms with van der Waals surface area (Å²) in [7, 11) is 0. The van der Waals surface area contributed by atoms with Crippen molar-refractivity contribution < 1.29 is 13.2 Å². The van der Waals surface area contributed by atoms with Crippen LogP contribution >= 0.6 is 38.5 Å². The fraction of sp³-hybridized carbons (Fsp3) is 0.182. The van der Waals surface area contributed by atoms with Crippen molar-refractivity contribution in [3.05, 3.63) is 91.9 Å². The van der Waals surface area contributed by atoms with Crippen LogP contribution < -0.4 is 0 Å². The number of rotatable bonds is 4. The standard InChI is InChI=1S/C20H14BrF3IN.C2H6/c1-12-17(25)10-14(13-6-3-2-4-7-13)20(26(12)11-18(23)24)19-15(21)8-5-9-16(19)22;1-2/h2-10,18H,1,11H2;1-2H3. The topological polar surface area (TPSA) is 3.24 Å². The zero-order valence-corrected chi connectivity index (χ0v) is 19.3. The molecule has 148 valence electrons. The van der Waals surface area contributed by atoms with Gasteiger partial charge in [-0.3, -0.25) is 0 Å². The van der Waals surface area contributed by atoms with Crippen LogP contribution in [0.25, 0.3) is 11.3 Å². The number of hydrogen-bond acceptors (Lipinski definition) is 1. The Morgan fingerprint density at radius 1 is 1.07 bits per heavy atom. The van der Waals surface area contributed by atoms with Gasteiger partial charge in [0.25, 0.3) is 6.43 Å². The van der Waals surface area contributed by atoms with Crippen LogP contribution in [0.2, 0.25) is 0 Å². The van der Waals surface area contributed by atoms with Gasteiger partial charge in [0.05, 0.1) is 12.2 Å². The quantitative estimate of drug-likeness (QED) is 0.343. The summed E-state index contributed by atoms with van der Waals surface area (Å²) in [5.41, 5.74) is 2.54. The van der Waals surface area contributed by atoms with Crippen molar-refractivity contribution in [1.29, 1.82) is 0 Å². The van der Waals surface area contributed by atoms with Crippen molar-refractivity contribution in [2.24, 2.45) is 0 Å². The van der Waals surface area contributed by atoms with E-state index in [9.17, 15) is 13.2 Å². The van der Waals surface area contributed by atoms with E-state index in [0.717, 1.165) is 9.14 Å². The molecular weight excluding hydrogens is 542 g/mol. The lowest BCUT2D eigenvalue weighted by Crippen LogP contribution is -2.30. The number of benzene rings is 2. The van der Waals surface area contributed by atoms with Crippen LogP contribution in [-0.4, -0.2) is 17.9 Å². The molecule has 0 bridgehead atoms. The molecule has 0 N–H and O–H groups in total. The molecule has 0 saturated carbocycles. The highest BCUT2D eigenvalue weighted by Gasteiger charge is 2.30. The second-order valence-electron chi connectivity index (χ2n) is 5.67. The van der Waals surface area contributed by atoms with E-state index in [0.29, 0.717) is 21.4 Å². The minimum atomic E-state index is -2.59. The zero-order chi connectivity index (χ0) is 20.8. The average molecular weight is 562 g/mol. The molecule has 0 spiro atoms. The van der Waals surface area contributed by atoms with Crippen LogP contribution in [0.1, 0.15) is 25.0 Å². The molecule has 3 rings (SSSR count). The van der Waals surface area contributed by atoms with E-state index in [1.54, 1.807) is 12.1 Å². The molecule has 0 fully saturated rings. The third-order valence-electron chi connectivity index (χ3n) is 4.00. The van der Waals surface area contributed by atoms with Gasteiger partial charge in [-0.15, -0.1) is 0 Å². The summed E-state index contributed by atoms with van der Waals surface area (Å²) in [6.45, 7) is 7.37. The molecule has 0 aromatic heterocycles. The molecule has 2 aromatic rings. The number of hydrogen-bond donors (Lipinski definition) is 0. The van der Waals surface area contributed by atoms with Crippen LogP contribution in [0.4, 0.5) is 13.2 Å². The Morgan fingerprint density at radius 3 is 2.29 bits per heavy atom. The van der Waals surface area contributed by atoms with E-state index in [4.69, 9.17) is 0 Å². The average Bonchev–Trinajstić information content (AvgIpc) is 2.68. The Kier molecular flexibility index (Phi) is 8.37. The van der Waals surface area contributed by atoms with E-state index in [-0.39, 0.29) is 5.56 Å². The molecule has 6 heteroatoms. The minimum Gasteiger partial charge on any atom is -0.334 e. The first-order chi connectivity index (χ1) is 13.4. The van der Waals surface area contributed by atoms with Gasteiger partial charge in [-0.2, -0.15) is 0 Å². The monoisotopic (exact) mass is 561 g/mol. The van der Waals surface area contributed by atoms with Crippen LogP contribution in [0.15, 0.2) is 74.9 Å². The van der Waals surface area contributed by atoms with Gasteiger partial charge >= 0.3 is 0 Å². The molecule has 1 aliphatic rings. The van der Waals surface area contributed by atoms with Gasteiger partial charge in [0.2, 0.25) is 0 Å². The van der Waals surface area contributed by atoms with E-state index in [2.05, 4.69) is 45.1 Å². The summed E-state index contributed by atoms with van der Waals surface area (Å²) < 4.78 is 42.6. The normalized spacial score (nSPS) is 14.1. The van der Waals surface area contributed by atoms with Gasteiger partial charge in [-0.25, -0.2) is 13.2 Å². The Morgan fingerprint density at radius 2 is 1.71 bits per heavy atom. The molecule has 1 heterocycles. The van der Waals surface area contributed by atoms with E-state index < -0.39 is 18.8 Å². The summed E-state index contributed by atoms with van der Waals surface area (Å²) >= 11 is 5.44. The van der Waals surface area contributed by atoms with Gasteiger partial charge in [0.1, 0.15) is 5.82 Å². The lowest BCUT2D eigenvalue weighted by molar-refractivity contribution is 0.123. The summed E-state index contributed by atoms with van der Waals surface area (Å²) in [4.78, 5) is 1.40. The highest BCUT2D eigenvalue weighted by atomic mass is 127. The molecule has 0 saturated heterocycles. The molecule has 0 unspecified atom stereocenters. The third kappa shape index (κ3) is 4.89. The van der Waals surface area contributed by atoms with E-state index >= 15 is 0 Å². The van der Waals surface area contributed by atoms with Crippen molar-refractivity contribution in [2.75, 3.05) is 6.54 Å². The second-order valence-corrected chi connectivity index (χ2v) is 7.68. The molecule has 0 atom stereocenters. The molecule has 1 aliphatic heterocycles. The summed E-state index contributed by atoms with van der Waals surface area (Å²) in [5.74, 6) is -0.486. The SMILES string of the molecule is C=C1C(I)=CC(c2ccccc2)=C(c2c(F)cccc2Br)N1CC(F)F.CC. The Bertz CT molecular complexity index is 887. The van der Waals surface area contributed by atoms with Crippen molar-refractivity contribution >= 4 is 49.8 Å². The Balaban J connectivity index is 0.00000136. The maximum Gasteiger partial charge on any atom is 0.256 e. The van der Waals surface area contributed by atoms with Crippen LogP contribution in [-0.2, 0) is 0 Å². The molecule has 28 heavy (non-hydrogen) atoms. The molecule has 2 aromatic carbocycles. The molecule has 0 radical (unpaired) electrons. The van der Waals surface area contributed by atoms with E-state index in [1.807, 2.05) is 50.3 Å². The zero-order valence-electron chi connectivity index (χ0n) is 15.5. The minimum absolute atomic E-state index is 0.244. The van der Waals surface area contributed by atoms with Crippen LogP contribution in [0.5, 0.6) is 0 Å². The first-order valence-electron chi connectivity index (χ1n) is 8.76. The highest BCUT2D eigenvalue weighted by molar-refractivity contribution is 14.1. The Hall–Kier alpha value is -1.54. The van der Waals surface area contributed by atoms with Crippen molar-refractivity contribution in [1.82, 2.24) is 4.90 Å².